The Labute approximate surface area is 161 Å². The summed E-state index contributed by atoms with van der Waals surface area (Å²) in [5.41, 5.74) is -1.87. The smallest absolute Gasteiger partial charge is 0.345 e. The molecule has 12 heteroatoms. The van der Waals surface area contributed by atoms with E-state index in [0.29, 0.717) is 6.07 Å². The Balaban J connectivity index is 2.15. The largest absolute Gasteiger partial charge is 0.493 e. The number of ether oxygens (including phenoxy) is 3. The van der Waals surface area contributed by atoms with E-state index in [9.17, 15) is 32.9 Å². The molecule has 1 N–H and O–H groups in total. The molecule has 154 valence electrons. The van der Waals surface area contributed by atoms with Gasteiger partial charge >= 0.3 is 5.97 Å². The molecule has 0 atom stereocenters. The summed E-state index contributed by atoms with van der Waals surface area (Å²) in [7, 11) is 2.48. The summed E-state index contributed by atoms with van der Waals surface area (Å²) in [6.07, 6.45) is 0. The Hall–Kier alpha value is -3.83. The van der Waals surface area contributed by atoms with Crippen LogP contribution in [0.1, 0.15) is 10.4 Å². The number of anilines is 1. The molecule has 2 aromatic carbocycles. The minimum absolute atomic E-state index is 0.00152. The van der Waals surface area contributed by atoms with Crippen molar-refractivity contribution in [1.82, 2.24) is 0 Å². The van der Waals surface area contributed by atoms with E-state index >= 15 is 0 Å². The lowest BCUT2D eigenvalue weighted by molar-refractivity contribution is -0.385. The maximum absolute atomic E-state index is 13.5. The summed E-state index contributed by atoms with van der Waals surface area (Å²) in [4.78, 5) is 34.3. The number of benzene rings is 2. The lowest BCUT2D eigenvalue weighted by Gasteiger charge is -2.11. The van der Waals surface area contributed by atoms with E-state index in [0.717, 1.165) is 18.2 Å². The zero-order valence-electron chi connectivity index (χ0n) is 15.0. The third-order valence-electron chi connectivity index (χ3n) is 3.56. The van der Waals surface area contributed by atoms with E-state index in [4.69, 9.17) is 9.47 Å². The Bertz CT molecular complexity index is 982. The molecule has 0 radical (unpaired) electrons. The molecule has 0 bridgehead atoms. The zero-order valence-corrected chi connectivity index (χ0v) is 15.0. The van der Waals surface area contributed by atoms with Gasteiger partial charge in [-0.3, -0.25) is 14.9 Å². The van der Waals surface area contributed by atoms with E-state index in [1.807, 2.05) is 5.32 Å². The van der Waals surface area contributed by atoms with Crippen molar-refractivity contribution >= 4 is 23.3 Å². The van der Waals surface area contributed by atoms with Crippen molar-refractivity contribution in [3.63, 3.8) is 0 Å². The number of rotatable bonds is 7. The molecule has 0 spiro atoms. The lowest BCUT2D eigenvalue weighted by Crippen LogP contribution is -2.22. The van der Waals surface area contributed by atoms with Crippen molar-refractivity contribution in [2.75, 3.05) is 26.1 Å². The van der Waals surface area contributed by atoms with Crippen LogP contribution in [0.5, 0.6) is 11.5 Å². The molecule has 29 heavy (non-hydrogen) atoms. The first-order chi connectivity index (χ1) is 13.7. The van der Waals surface area contributed by atoms with Crippen molar-refractivity contribution in [3.8, 4) is 11.5 Å². The predicted molar refractivity (Wildman–Crippen MR) is 91.4 cm³/mol. The molecule has 1 amide bonds. The van der Waals surface area contributed by atoms with Gasteiger partial charge in [-0.05, 0) is 12.1 Å². The number of carbonyl (C=O) groups excluding carboxylic acids is 2. The predicted octanol–water partition coefficient (Wildman–Crippen LogP) is 2.82. The van der Waals surface area contributed by atoms with Crippen molar-refractivity contribution in [3.05, 3.63) is 57.4 Å². The van der Waals surface area contributed by atoms with Crippen LogP contribution >= 0.6 is 0 Å². The van der Waals surface area contributed by atoms with Crippen LogP contribution in [0.4, 0.5) is 24.5 Å². The molecular weight excluding hydrogens is 401 g/mol. The molecule has 0 heterocycles. The van der Waals surface area contributed by atoms with Crippen LogP contribution in [-0.4, -0.2) is 37.6 Å². The average molecular weight is 414 g/mol. The number of amides is 1. The summed E-state index contributed by atoms with van der Waals surface area (Å²) >= 11 is 0. The fourth-order valence-electron chi connectivity index (χ4n) is 2.20. The SMILES string of the molecule is COc1cc(C(=O)OCC(=O)Nc2ccc(F)c(F)c2F)c([N+](=O)[O-])cc1OC. The normalized spacial score (nSPS) is 10.2. The molecule has 9 nitrogen and oxygen atoms in total. The van der Waals surface area contributed by atoms with Gasteiger partial charge in [-0.1, -0.05) is 0 Å². The minimum atomic E-state index is -1.79. The number of methoxy groups -OCH3 is 2. The Morgan fingerprint density at radius 3 is 2.28 bits per heavy atom. The molecule has 0 aromatic heterocycles. The van der Waals surface area contributed by atoms with Crippen molar-refractivity contribution in [2.24, 2.45) is 0 Å². The van der Waals surface area contributed by atoms with Crippen LogP contribution in [-0.2, 0) is 9.53 Å². The first-order valence-corrected chi connectivity index (χ1v) is 7.70. The summed E-state index contributed by atoms with van der Waals surface area (Å²) < 4.78 is 54.1. The molecule has 0 unspecified atom stereocenters. The van der Waals surface area contributed by atoms with Gasteiger partial charge in [-0.25, -0.2) is 18.0 Å². The van der Waals surface area contributed by atoms with Gasteiger partial charge in [0.25, 0.3) is 11.6 Å². The van der Waals surface area contributed by atoms with Gasteiger partial charge in [0.2, 0.25) is 0 Å². The number of nitrogens with one attached hydrogen (secondary N) is 1. The number of carbonyl (C=O) groups is 2. The fourth-order valence-corrected chi connectivity index (χ4v) is 2.20. The Morgan fingerprint density at radius 1 is 1.07 bits per heavy atom. The topological polar surface area (TPSA) is 117 Å². The highest BCUT2D eigenvalue weighted by Crippen LogP contribution is 2.34. The van der Waals surface area contributed by atoms with E-state index in [-0.39, 0.29) is 11.5 Å². The van der Waals surface area contributed by atoms with Gasteiger partial charge in [0, 0.05) is 6.07 Å². The van der Waals surface area contributed by atoms with Crippen LogP contribution in [0.15, 0.2) is 24.3 Å². The molecule has 2 rings (SSSR count). The number of nitrogens with zero attached hydrogens (tertiary/aromatic N) is 1. The summed E-state index contributed by atoms with van der Waals surface area (Å²) in [6.45, 7) is -0.983. The number of hydrogen-bond acceptors (Lipinski definition) is 7. The minimum Gasteiger partial charge on any atom is -0.493 e. The molecule has 0 aliphatic rings. The number of nitro groups is 1. The molecule has 0 aliphatic carbocycles. The molecule has 2 aromatic rings. The van der Waals surface area contributed by atoms with Gasteiger partial charge < -0.3 is 19.5 Å². The highest BCUT2D eigenvalue weighted by Gasteiger charge is 2.26. The van der Waals surface area contributed by atoms with E-state index in [1.54, 1.807) is 0 Å². The van der Waals surface area contributed by atoms with Crippen molar-refractivity contribution in [1.29, 1.82) is 0 Å². The number of nitro benzene ring substituents is 1. The Morgan fingerprint density at radius 2 is 1.69 bits per heavy atom. The fraction of sp³-hybridized carbons (Fsp3) is 0.176. The average Bonchev–Trinajstić information content (AvgIpc) is 2.71. The standard InChI is InChI=1S/C17H13F3N2O7/c1-27-12-5-8(11(22(25)26)6-13(12)28-2)17(24)29-7-14(23)21-10-4-3-9(18)15(19)16(10)20/h3-6H,7H2,1-2H3,(H,21,23). The first kappa shape index (κ1) is 21.5. The van der Waals surface area contributed by atoms with Gasteiger partial charge in [0.05, 0.1) is 30.9 Å². The Kier molecular flexibility index (Phi) is 6.59. The number of hydrogen-bond donors (Lipinski definition) is 1. The monoisotopic (exact) mass is 414 g/mol. The third kappa shape index (κ3) is 4.72. The maximum Gasteiger partial charge on any atom is 0.345 e. The third-order valence-corrected chi connectivity index (χ3v) is 3.56. The van der Waals surface area contributed by atoms with Gasteiger partial charge in [0.1, 0.15) is 5.56 Å². The second kappa shape index (κ2) is 8.91. The van der Waals surface area contributed by atoms with Crippen LogP contribution < -0.4 is 14.8 Å². The molecule has 0 saturated heterocycles. The molecular formula is C17H13F3N2O7. The molecule has 0 fully saturated rings. The lowest BCUT2D eigenvalue weighted by atomic mass is 10.1. The maximum atomic E-state index is 13.5. The van der Waals surface area contributed by atoms with E-state index in [1.165, 1.54) is 14.2 Å². The van der Waals surface area contributed by atoms with Crippen LogP contribution in [0.2, 0.25) is 0 Å². The second-order valence-corrected chi connectivity index (χ2v) is 5.33. The summed E-state index contributed by atoms with van der Waals surface area (Å²) in [5, 5.41) is 13.1. The molecule has 0 saturated carbocycles. The van der Waals surface area contributed by atoms with Gasteiger partial charge in [-0.2, -0.15) is 0 Å². The van der Waals surface area contributed by atoms with Crippen LogP contribution in [0.25, 0.3) is 0 Å². The summed E-state index contributed by atoms with van der Waals surface area (Å²) in [6, 6.07) is 3.29. The quantitative estimate of drug-likeness (QED) is 0.320. The highest BCUT2D eigenvalue weighted by atomic mass is 19.2. The highest BCUT2D eigenvalue weighted by molar-refractivity contribution is 5.98. The van der Waals surface area contributed by atoms with Crippen molar-refractivity contribution in [2.45, 2.75) is 0 Å². The van der Waals surface area contributed by atoms with E-state index < -0.39 is 57.8 Å². The second-order valence-electron chi connectivity index (χ2n) is 5.33. The van der Waals surface area contributed by atoms with Crippen LogP contribution in [0.3, 0.4) is 0 Å². The number of esters is 1. The van der Waals surface area contributed by atoms with Gasteiger partial charge in [-0.15, -0.1) is 0 Å². The number of halogens is 3. The zero-order chi connectivity index (χ0) is 21.7. The van der Waals surface area contributed by atoms with Crippen molar-refractivity contribution < 1.29 is 41.9 Å². The summed E-state index contributed by atoms with van der Waals surface area (Å²) in [5.74, 6) is -7.24. The first-order valence-electron chi connectivity index (χ1n) is 7.70. The van der Waals surface area contributed by atoms with Gasteiger partial charge in [0.15, 0.2) is 35.6 Å². The van der Waals surface area contributed by atoms with Crippen LogP contribution in [0, 0.1) is 27.6 Å². The molecule has 0 aliphatic heterocycles. The van der Waals surface area contributed by atoms with E-state index in [2.05, 4.69) is 4.74 Å².